The van der Waals surface area contributed by atoms with E-state index in [0.717, 1.165) is 37.4 Å². The van der Waals surface area contributed by atoms with Gasteiger partial charge in [-0.15, -0.1) is 10.2 Å². The van der Waals surface area contributed by atoms with E-state index in [1.165, 1.54) is 0 Å². The first-order valence-electron chi connectivity index (χ1n) is 7.12. The monoisotopic (exact) mass is 361 g/mol. The topological polar surface area (TPSA) is 78.0 Å². The molecule has 0 atom stereocenters. The molecule has 0 spiro atoms. The van der Waals surface area contributed by atoms with Gasteiger partial charge in [0.1, 0.15) is 24.0 Å². The number of phenolic OH excluding ortho intramolecular Hbond substituents is 1. The van der Waals surface area contributed by atoms with Crippen molar-refractivity contribution in [2.75, 3.05) is 18.0 Å². The van der Waals surface area contributed by atoms with Crippen molar-refractivity contribution in [3.05, 3.63) is 34.3 Å². The van der Waals surface area contributed by atoms with Crippen LogP contribution in [-0.2, 0) is 7.05 Å². The maximum atomic E-state index is 9.88. The van der Waals surface area contributed by atoms with E-state index in [2.05, 4.69) is 37.1 Å². The lowest BCUT2D eigenvalue weighted by Crippen LogP contribution is -2.34. The van der Waals surface area contributed by atoms with Gasteiger partial charge in [0.25, 0.3) is 0 Å². The molecule has 1 aromatic heterocycles. The van der Waals surface area contributed by atoms with Crippen LogP contribution in [0.15, 0.2) is 22.9 Å². The number of hydrogen-bond donors (Lipinski definition) is 1. The third-order valence-electron chi connectivity index (χ3n) is 4.14. The Balaban J connectivity index is 1.82. The largest absolute Gasteiger partial charge is 0.507 e. The highest BCUT2D eigenvalue weighted by Crippen LogP contribution is 2.39. The molecular weight excluding hydrogens is 346 g/mol. The minimum absolute atomic E-state index is 0.157. The smallest absolute Gasteiger partial charge is 0.135 e. The second kappa shape index (κ2) is 5.97. The van der Waals surface area contributed by atoms with E-state index in [1.54, 1.807) is 18.5 Å². The number of piperidine rings is 1. The van der Waals surface area contributed by atoms with Gasteiger partial charge in [0.05, 0.1) is 15.7 Å². The van der Waals surface area contributed by atoms with Crippen molar-refractivity contribution < 1.29 is 5.11 Å². The fourth-order valence-corrected chi connectivity index (χ4v) is 3.57. The first kappa shape index (κ1) is 14.9. The van der Waals surface area contributed by atoms with Crippen LogP contribution in [0.4, 0.5) is 5.69 Å². The Morgan fingerprint density at radius 1 is 1.36 bits per heavy atom. The fourth-order valence-electron chi connectivity index (χ4n) is 2.98. The lowest BCUT2D eigenvalue weighted by atomic mass is 9.95. The van der Waals surface area contributed by atoms with Gasteiger partial charge in [-0.2, -0.15) is 5.26 Å². The minimum Gasteiger partial charge on any atom is -0.507 e. The standard InChI is InChI=1S/C15H16BrN5O/c1-20-9-18-19-15(20)10-4-6-21(7-5-10)14-11(8-17)2-3-12(22)13(14)16/h2-3,9-10,22H,4-7H2,1H3. The molecular formula is C15H16BrN5O. The molecule has 0 aliphatic carbocycles. The van der Waals surface area contributed by atoms with E-state index in [-0.39, 0.29) is 5.75 Å². The highest BCUT2D eigenvalue weighted by Gasteiger charge is 2.26. The summed E-state index contributed by atoms with van der Waals surface area (Å²) in [5, 5.41) is 27.3. The molecule has 1 aliphatic rings. The molecule has 22 heavy (non-hydrogen) atoms. The van der Waals surface area contributed by atoms with E-state index in [1.807, 2.05) is 11.6 Å². The minimum atomic E-state index is 0.157. The molecule has 1 fully saturated rings. The number of hydrogen-bond acceptors (Lipinski definition) is 5. The van der Waals surface area contributed by atoms with Gasteiger partial charge in [-0.05, 0) is 40.9 Å². The van der Waals surface area contributed by atoms with Crippen LogP contribution in [0.3, 0.4) is 0 Å². The summed E-state index contributed by atoms with van der Waals surface area (Å²) >= 11 is 3.40. The molecule has 0 radical (unpaired) electrons. The van der Waals surface area contributed by atoms with Gasteiger partial charge >= 0.3 is 0 Å². The summed E-state index contributed by atoms with van der Waals surface area (Å²) in [4.78, 5) is 2.15. The van der Waals surface area contributed by atoms with Crippen LogP contribution in [0.1, 0.15) is 30.1 Å². The number of benzene rings is 1. The van der Waals surface area contributed by atoms with Crippen LogP contribution in [0.25, 0.3) is 0 Å². The molecule has 7 heteroatoms. The summed E-state index contributed by atoms with van der Waals surface area (Å²) in [6.45, 7) is 1.63. The van der Waals surface area contributed by atoms with Crippen LogP contribution in [-0.4, -0.2) is 33.0 Å². The number of anilines is 1. The molecule has 0 amide bonds. The molecule has 2 heterocycles. The molecule has 0 unspecified atom stereocenters. The molecule has 1 N–H and O–H groups in total. The van der Waals surface area contributed by atoms with Crippen LogP contribution < -0.4 is 4.90 Å². The lowest BCUT2D eigenvalue weighted by molar-refractivity contribution is 0.464. The quantitative estimate of drug-likeness (QED) is 0.888. The van der Waals surface area contributed by atoms with Crippen LogP contribution in [0.2, 0.25) is 0 Å². The molecule has 2 aromatic rings. The normalized spacial score (nSPS) is 15.8. The highest BCUT2D eigenvalue weighted by molar-refractivity contribution is 9.10. The second-order valence-electron chi connectivity index (χ2n) is 5.47. The predicted octanol–water partition coefficient (Wildman–Crippen LogP) is 2.54. The molecule has 1 saturated heterocycles. The van der Waals surface area contributed by atoms with Crippen molar-refractivity contribution >= 4 is 21.6 Å². The van der Waals surface area contributed by atoms with Gasteiger partial charge in [-0.25, -0.2) is 0 Å². The summed E-state index contributed by atoms with van der Waals surface area (Å²) in [5.41, 5.74) is 1.35. The Kier molecular flexibility index (Phi) is 4.03. The highest BCUT2D eigenvalue weighted by atomic mass is 79.9. The number of rotatable bonds is 2. The van der Waals surface area contributed by atoms with E-state index < -0.39 is 0 Å². The number of aromatic nitrogens is 3. The Hall–Kier alpha value is -2.07. The third kappa shape index (κ3) is 2.55. The first-order valence-corrected chi connectivity index (χ1v) is 7.91. The van der Waals surface area contributed by atoms with Crippen LogP contribution in [0, 0.1) is 11.3 Å². The summed E-state index contributed by atoms with van der Waals surface area (Å²) in [7, 11) is 1.96. The zero-order valence-corrected chi connectivity index (χ0v) is 13.8. The SMILES string of the molecule is Cn1cnnc1C1CCN(c2c(C#N)ccc(O)c2Br)CC1. The molecule has 0 bridgehead atoms. The van der Waals surface area contributed by atoms with Crippen molar-refractivity contribution in [2.45, 2.75) is 18.8 Å². The van der Waals surface area contributed by atoms with Crippen molar-refractivity contribution in [1.82, 2.24) is 14.8 Å². The third-order valence-corrected chi connectivity index (χ3v) is 4.92. The molecule has 114 valence electrons. The number of aromatic hydroxyl groups is 1. The van der Waals surface area contributed by atoms with Crippen molar-refractivity contribution in [3.8, 4) is 11.8 Å². The van der Waals surface area contributed by atoms with Gasteiger partial charge in [0.15, 0.2) is 0 Å². The summed E-state index contributed by atoms with van der Waals surface area (Å²) in [5.74, 6) is 1.55. The molecule has 1 aromatic carbocycles. The Morgan fingerprint density at radius 3 is 2.68 bits per heavy atom. The average Bonchev–Trinajstić information content (AvgIpc) is 2.96. The maximum absolute atomic E-state index is 9.88. The summed E-state index contributed by atoms with van der Waals surface area (Å²) in [6, 6.07) is 5.40. The van der Waals surface area contributed by atoms with Crippen molar-refractivity contribution in [1.29, 1.82) is 5.26 Å². The number of nitriles is 1. The van der Waals surface area contributed by atoms with E-state index in [4.69, 9.17) is 0 Å². The van der Waals surface area contributed by atoms with Crippen molar-refractivity contribution in [3.63, 3.8) is 0 Å². The average molecular weight is 362 g/mol. The molecule has 0 saturated carbocycles. The van der Waals surface area contributed by atoms with E-state index >= 15 is 0 Å². The van der Waals surface area contributed by atoms with Crippen LogP contribution >= 0.6 is 15.9 Å². The Labute approximate surface area is 137 Å². The van der Waals surface area contributed by atoms with Gasteiger partial charge in [-0.1, -0.05) is 0 Å². The number of aryl methyl sites for hydroxylation is 1. The van der Waals surface area contributed by atoms with Crippen LogP contribution in [0.5, 0.6) is 5.75 Å². The van der Waals surface area contributed by atoms with Crippen molar-refractivity contribution in [2.24, 2.45) is 7.05 Å². The van der Waals surface area contributed by atoms with Gasteiger partial charge in [0.2, 0.25) is 0 Å². The van der Waals surface area contributed by atoms with E-state index in [9.17, 15) is 10.4 Å². The second-order valence-corrected chi connectivity index (χ2v) is 6.26. The van der Waals surface area contributed by atoms with Gasteiger partial charge in [-0.3, -0.25) is 0 Å². The maximum Gasteiger partial charge on any atom is 0.135 e. The Morgan fingerprint density at radius 2 is 2.09 bits per heavy atom. The fraction of sp³-hybridized carbons (Fsp3) is 0.400. The predicted molar refractivity (Wildman–Crippen MR) is 85.7 cm³/mol. The Bertz CT molecular complexity index is 728. The summed E-state index contributed by atoms with van der Waals surface area (Å²) in [6.07, 6.45) is 3.61. The molecule has 6 nitrogen and oxygen atoms in total. The van der Waals surface area contributed by atoms with E-state index in [0.29, 0.717) is 16.0 Å². The summed E-state index contributed by atoms with van der Waals surface area (Å²) < 4.78 is 2.55. The zero-order valence-electron chi connectivity index (χ0n) is 12.2. The molecule has 1 aliphatic heterocycles. The number of phenols is 1. The zero-order chi connectivity index (χ0) is 15.7. The number of halogens is 1. The first-order chi connectivity index (χ1) is 10.6. The molecule has 3 rings (SSSR count). The van der Waals surface area contributed by atoms with Gasteiger partial charge in [0, 0.05) is 26.1 Å². The lowest BCUT2D eigenvalue weighted by Gasteiger charge is -2.34. The number of nitrogens with zero attached hydrogens (tertiary/aromatic N) is 5. The van der Waals surface area contributed by atoms with Gasteiger partial charge < -0.3 is 14.6 Å².